The number of aromatic nitrogens is 2. The zero-order valence-electron chi connectivity index (χ0n) is 11.5. The molecule has 0 saturated carbocycles. The molecule has 1 aromatic carbocycles. The Labute approximate surface area is 123 Å². The summed E-state index contributed by atoms with van der Waals surface area (Å²) in [5.41, 5.74) is 1.01. The molecule has 1 aromatic heterocycles. The van der Waals surface area contributed by atoms with Gasteiger partial charge in [0.1, 0.15) is 0 Å². The van der Waals surface area contributed by atoms with Crippen LogP contribution in [-0.2, 0) is 12.0 Å². The lowest BCUT2D eigenvalue weighted by molar-refractivity contribution is 0.249. The van der Waals surface area contributed by atoms with Gasteiger partial charge in [0.05, 0.1) is 5.54 Å². The van der Waals surface area contributed by atoms with Gasteiger partial charge in [0.25, 0.3) is 0 Å². The molecule has 1 aliphatic heterocycles. The molecule has 0 aliphatic carbocycles. The molecule has 4 nitrogen and oxygen atoms in total. The second kappa shape index (κ2) is 5.54. The maximum absolute atomic E-state index is 5.88. The number of rotatable bonds is 4. The van der Waals surface area contributed by atoms with Crippen LogP contribution in [0.2, 0.25) is 5.02 Å². The van der Waals surface area contributed by atoms with Gasteiger partial charge in [-0.1, -0.05) is 35.8 Å². The van der Waals surface area contributed by atoms with Crippen LogP contribution >= 0.6 is 11.6 Å². The molecule has 3 rings (SSSR count). The minimum atomic E-state index is -0.120. The third kappa shape index (κ3) is 2.58. The van der Waals surface area contributed by atoms with E-state index in [4.69, 9.17) is 16.1 Å². The Morgan fingerprint density at radius 2 is 2.15 bits per heavy atom. The molecule has 0 spiro atoms. The summed E-state index contributed by atoms with van der Waals surface area (Å²) in [6, 6.07) is 7.73. The van der Waals surface area contributed by atoms with Crippen molar-refractivity contribution in [2.45, 2.75) is 38.1 Å². The molecule has 0 amide bonds. The zero-order chi connectivity index (χ0) is 14.0. The molecule has 1 unspecified atom stereocenters. The van der Waals surface area contributed by atoms with Crippen LogP contribution in [0, 0.1) is 0 Å². The molecule has 1 N–H and O–H groups in total. The highest BCUT2D eigenvalue weighted by Crippen LogP contribution is 2.32. The zero-order valence-corrected chi connectivity index (χ0v) is 12.3. The lowest BCUT2D eigenvalue weighted by Gasteiger charge is -2.22. The summed E-state index contributed by atoms with van der Waals surface area (Å²) in [6.07, 6.45) is 3.85. The molecule has 0 radical (unpaired) electrons. The standard InChI is InChI=1S/C15H18ClN3O/c1-2-15(8-3-9-17-15)14-18-13(19-20-14)10-11-4-6-12(16)7-5-11/h4-7,17H,2-3,8-10H2,1H3. The van der Waals surface area contributed by atoms with E-state index in [1.165, 1.54) is 0 Å². The van der Waals surface area contributed by atoms with Gasteiger partial charge in [-0.05, 0) is 43.5 Å². The number of halogens is 1. The Hall–Kier alpha value is -1.39. The van der Waals surface area contributed by atoms with E-state index in [9.17, 15) is 0 Å². The van der Waals surface area contributed by atoms with Crippen molar-refractivity contribution in [3.05, 3.63) is 46.6 Å². The maximum atomic E-state index is 5.88. The summed E-state index contributed by atoms with van der Waals surface area (Å²) in [5, 5.41) is 8.36. The molecule has 20 heavy (non-hydrogen) atoms. The quantitative estimate of drug-likeness (QED) is 0.939. The average molecular weight is 292 g/mol. The fourth-order valence-electron chi connectivity index (χ4n) is 2.75. The van der Waals surface area contributed by atoms with Gasteiger partial charge < -0.3 is 9.84 Å². The van der Waals surface area contributed by atoms with Crippen molar-refractivity contribution in [1.82, 2.24) is 15.5 Å². The average Bonchev–Trinajstić information content (AvgIpc) is 3.11. The summed E-state index contributed by atoms with van der Waals surface area (Å²) in [7, 11) is 0. The van der Waals surface area contributed by atoms with Gasteiger partial charge in [0.15, 0.2) is 5.82 Å². The monoisotopic (exact) mass is 291 g/mol. The fraction of sp³-hybridized carbons (Fsp3) is 0.467. The lowest BCUT2D eigenvalue weighted by atomic mass is 9.94. The third-order valence-electron chi connectivity index (χ3n) is 4.00. The van der Waals surface area contributed by atoms with E-state index >= 15 is 0 Å². The largest absolute Gasteiger partial charge is 0.337 e. The molecule has 0 bridgehead atoms. The first-order valence-electron chi connectivity index (χ1n) is 7.04. The summed E-state index contributed by atoms with van der Waals surface area (Å²) in [5.74, 6) is 1.45. The first-order chi connectivity index (χ1) is 9.72. The van der Waals surface area contributed by atoms with Gasteiger partial charge in [-0.2, -0.15) is 4.98 Å². The van der Waals surface area contributed by atoms with E-state index in [0.29, 0.717) is 6.42 Å². The van der Waals surface area contributed by atoms with Crippen molar-refractivity contribution in [1.29, 1.82) is 0 Å². The number of hydrogen-bond donors (Lipinski definition) is 1. The number of nitrogens with zero attached hydrogens (tertiary/aromatic N) is 2. The summed E-state index contributed by atoms with van der Waals surface area (Å²) in [6.45, 7) is 3.17. The van der Waals surface area contributed by atoms with Crippen molar-refractivity contribution >= 4 is 11.6 Å². The Balaban J connectivity index is 1.78. The highest BCUT2D eigenvalue weighted by Gasteiger charge is 2.38. The van der Waals surface area contributed by atoms with Gasteiger partial charge in [0.2, 0.25) is 5.89 Å². The summed E-state index contributed by atoms with van der Waals surface area (Å²) >= 11 is 5.88. The minimum Gasteiger partial charge on any atom is -0.337 e. The molecule has 2 heterocycles. The van der Waals surface area contributed by atoms with Crippen molar-refractivity contribution in [2.24, 2.45) is 0 Å². The topological polar surface area (TPSA) is 51.0 Å². The van der Waals surface area contributed by atoms with Crippen LogP contribution in [0.3, 0.4) is 0 Å². The predicted octanol–water partition coefficient (Wildman–Crippen LogP) is 3.30. The van der Waals surface area contributed by atoms with Crippen LogP contribution in [-0.4, -0.2) is 16.7 Å². The van der Waals surface area contributed by atoms with Crippen molar-refractivity contribution in [3.8, 4) is 0 Å². The molecule has 1 saturated heterocycles. The minimum absolute atomic E-state index is 0.120. The highest BCUT2D eigenvalue weighted by atomic mass is 35.5. The predicted molar refractivity (Wildman–Crippen MR) is 77.8 cm³/mol. The molecule has 1 aliphatic rings. The van der Waals surface area contributed by atoms with E-state index in [2.05, 4.69) is 22.4 Å². The Morgan fingerprint density at radius 3 is 2.80 bits per heavy atom. The van der Waals surface area contributed by atoms with Gasteiger partial charge in [0, 0.05) is 11.4 Å². The summed E-state index contributed by atoms with van der Waals surface area (Å²) < 4.78 is 5.49. The second-order valence-corrected chi connectivity index (χ2v) is 5.72. The molecule has 1 fully saturated rings. The van der Waals surface area contributed by atoms with E-state index < -0.39 is 0 Å². The van der Waals surface area contributed by atoms with Crippen LogP contribution in [0.5, 0.6) is 0 Å². The lowest BCUT2D eigenvalue weighted by Crippen LogP contribution is -2.36. The Bertz CT molecular complexity index is 573. The number of benzene rings is 1. The normalized spacial score (nSPS) is 22.3. The van der Waals surface area contributed by atoms with Gasteiger partial charge in [-0.25, -0.2) is 0 Å². The Morgan fingerprint density at radius 1 is 1.35 bits per heavy atom. The van der Waals surface area contributed by atoms with Crippen LogP contribution in [0.25, 0.3) is 0 Å². The Kier molecular flexibility index (Phi) is 3.76. The smallest absolute Gasteiger partial charge is 0.246 e. The third-order valence-corrected chi connectivity index (χ3v) is 4.25. The van der Waals surface area contributed by atoms with Crippen LogP contribution in [0.1, 0.15) is 43.5 Å². The molecule has 1 atom stereocenters. The van der Waals surface area contributed by atoms with Crippen molar-refractivity contribution in [3.63, 3.8) is 0 Å². The first-order valence-corrected chi connectivity index (χ1v) is 7.42. The van der Waals surface area contributed by atoms with Gasteiger partial charge in [-0.15, -0.1) is 0 Å². The van der Waals surface area contributed by atoms with E-state index in [1.54, 1.807) is 0 Å². The SMILES string of the molecule is CCC1(c2nc(Cc3ccc(Cl)cc3)no2)CCCN1. The molecular weight excluding hydrogens is 274 g/mol. The fourth-order valence-corrected chi connectivity index (χ4v) is 2.87. The number of nitrogens with one attached hydrogen (secondary N) is 1. The van der Waals surface area contributed by atoms with Crippen LogP contribution in [0.4, 0.5) is 0 Å². The van der Waals surface area contributed by atoms with Gasteiger partial charge in [-0.3, -0.25) is 0 Å². The van der Waals surface area contributed by atoms with Gasteiger partial charge >= 0.3 is 0 Å². The van der Waals surface area contributed by atoms with Crippen LogP contribution in [0.15, 0.2) is 28.8 Å². The van der Waals surface area contributed by atoms with Crippen molar-refractivity contribution < 1.29 is 4.52 Å². The molecule has 2 aromatic rings. The van der Waals surface area contributed by atoms with Crippen molar-refractivity contribution in [2.75, 3.05) is 6.54 Å². The maximum Gasteiger partial charge on any atom is 0.246 e. The van der Waals surface area contributed by atoms with E-state index in [-0.39, 0.29) is 5.54 Å². The molecule has 5 heteroatoms. The second-order valence-electron chi connectivity index (χ2n) is 5.28. The molecular formula is C15H18ClN3O. The number of hydrogen-bond acceptors (Lipinski definition) is 4. The highest BCUT2D eigenvalue weighted by molar-refractivity contribution is 6.30. The van der Waals surface area contributed by atoms with E-state index in [0.717, 1.165) is 48.1 Å². The first kappa shape index (κ1) is 13.6. The summed E-state index contributed by atoms with van der Waals surface area (Å²) in [4.78, 5) is 4.58. The van der Waals surface area contributed by atoms with E-state index in [1.807, 2.05) is 24.3 Å². The van der Waals surface area contributed by atoms with Crippen LogP contribution < -0.4 is 5.32 Å². The molecule has 106 valence electrons.